The predicted octanol–water partition coefficient (Wildman–Crippen LogP) is 2.92. The summed E-state index contributed by atoms with van der Waals surface area (Å²) in [7, 11) is 0. The molecule has 0 spiro atoms. The molecule has 17 heavy (non-hydrogen) atoms. The maximum atomic E-state index is 6.03. The molecule has 1 aromatic rings. The molecule has 1 rings (SSSR count). The largest absolute Gasteiger partial charge is 0.328 e. The van der Waals surface area contributed by atoms with Crippen molar-refractivity contribution < 1.29 is 0 Å². The number of hydrogen-bond donors (Lipinski definition) is 1. The van der Waals surface area contributed by atoms with Crippen molar-refractivity contribution in [2.75, 3.05) is 0 Å². The van der Waals surface area contributed by atoms with Gasteiger partial charge in [0.1, 0.15) is 0 Å². The lowest BCUT2D eigenvalue weighted by molar-refractivity contribution is 0.526. The van der Waals surface area contributed by atoms with Gasteiger partial charge in [-0.15, -0.1) is 0 Å². The third-order valence-corrected chi connectivity index (χ3v) is 3.24. The Morgan fingerprint density at radius 3 is 2.65 bits per heavy atom. The summed E-state index contributed by atoms with van der Waals surface area (Å²) >= 11 is 0. The van der Waals surface area contributed by atoms with Crippen molar-refractivity contribution in [3.05, 3.63) is 17.5 Å². The highest BCUT2D eigenvalue weighted by atomic mass is 15.3. The fourth-order valence-electron chi connectivity index (χ4n) is 2.22. The summed E-state index contributed by atoms with van der Waals surface area (Å²) in [6.07, 6.45) is 6.77. The Morgan fingerprint density at radius 2 is 2.06 bits per heavy atom. The molecule has 1 aromatic heterocycles. The van der Waals surface area contributed by atoms with Gasteiger partial charge in [-0.2, -0.15) is 5.10 Å². The molecule has 0 fully saturated rings. The smallest absolute Gasteiger partial charge is 0.0624 e. The van der Waals surface area contributed by atoms with E-state index in [9.17, 15) is 0 Å². The Labute approximate surface area is 105 Å². The molecule has 0 radical (unpaired) electrons. The van der Waals surface area contributed by atoms with E-state index < -0.39 is 0 Å². The van der Waals surface area contributed by atoms with E-state index >= 15 is 0 Å². The van der Waals surface area contributed by atoms with E-state index in [1.165, 1.54) is 24.2 Å². The number of aryl methyl sites for hydroxylation is 3. The topological polar surface area (TPSA) is 43.8 Å². The molecule has 98 valence electrons. The van der Waals surface area contributed by atoms with E-state index in [4.69, 9.17) is 5.73 Å². The summed E-state index contributed by atoms with van der Waals surface area (Å²) in [5.74, 6) is 0. The van der Waals surface area contributed by atoms with Crippen LogP contribution >= 0.6 is 0 Å². The highest BCUT2D eigenvalue weighted by Gasteiger charge is 2.06. The van der Waals surface area contributed by atoms with Crippen LogP contribution in [0.4, 0.5) is 0 Å². The van der Waals surface area contributed by atoms with Gasteiger partial charge in [0, 0.05) is 18.3 Å². The second-order valence-electron chi connectivity index (χ2n) is 4.74. The van der Waals surface area contributed by atoms with E-state index in [0.717, 1.165) is 32.2 Å². The Hall–Kier alpha value is -0.830. The van der Waals surface area contributed by atoms with Crippen LogP contribution in [0, 0.1) is 0 Å². The zero-order valence-corrected chi connectivity index (χ0v) is 11.6. The molecule has 0 saturated heterocycles. The van der Waals surface area contributed by atoms with Crippen LogP contribution in [0.3, 0.4) is 0 Å². The third kappa shape index (κ3) is 4.50. The van der Waals surface area contributed by atoms with Crippen LogP contribution in [-0.2, 0) is 19.4 Å². The summed E-state index contributed by atoms with van der Waals surface area (Å²) in [5.41, 5.74) is 8.60. The number of hydrogen-bond acceptors (Lipinski definition) is 2. The van der Waals surface area contributed by atoms with Crippen LogP contribution in [0.15, 0.2) is 6.07 Å². The third-order valence-electron chi connectivity index (χ3n) is 3.24. The summed E-state index contributed by atoms with van der Waals surface area (Å²) in [4.78, 5) is 0. The van der Waals surface area contributed by atoms with Crippen molar-refractivity contribution in [1.82, 2.24) is 9.78 Å². The van der Waals surface area contributed by atoms with Gasteiger partial charge in [-0.1, -0.05) is 20.3 Å². The normalized spacial score (nSPS) is 12.9. The lowest BCUT2D eigenvalue weighted by Gasteiger charge is -2.10. The van der Waals surface area contributed by atoms with E-state index in [2.05, 4.69) is 36.6 Å². The number of nitrogens with zero attached hydrogens (tertiary/aromatic N) is 2. The molecule has 3 nitrogen and oxygen atoms in total. The molecule has 1 atom stereocenters. The predicted molar refractivity (Wildman–Crippen MR) is 73.1 cm³/mol. The van der Waals surface area contributed by atoms with E-state index in [0.29, 0.717) is 6.04 Å². The van der Waals surface area contributed by atoms with Crippen molar-refractivity contribution in [2.24, 2.45) is 5.73 Å². The molecule has 0 amide bonds. The summed E-state index contributed by atoms with van der Waals surface area (Å²) in [5, 5.41) is 4.57. The fraction of sp³-hybridized carbons (Fsp3) is 0.786. The maximum Gasteiger partial charge on any atom is 0.0624 e. The number of rotatable bonds is 8. The molecule has 0 bridgehead atoms. The summed E-state index contributed by atoms with van der Waals surface area (Å²) < 4.78 is 2.13. The zero-order chi connectivity index (χ0) is 12.7. The molecule has 0 aliphatic heterocycles. The van der Waals surface area contributed by atoms with Crippen LogP contribution in [0.5, 0.6) is 0 Å². The van der Waals surface area contributed by atoms with Gasteiger partial charge >= 0.3 is 0 Å². The van der Waals surface area contributed by atoms with Crippen LogP contribution < -0.4 is 5.73 Å². The zero-order valence-electron chi connectivity index (χ0n) is 11.6. The lowest BCUT2D eigenvalue weighted by Crippen LogP contribution is -2.19. The quantitative estimate of drug-likeness (QED) is 0.755. The van der Waals surface area contributed by atoms with Gasteiger partial charge < -0.3 is 5.73 Å². The molecule has 0 aromatic carbocycles. The number of nitrogens with two attached hydrogens (primary N) is 1. The van der Waals surface area contributed by atoms with Crippen molar-refractivity contribution in [3.8, 4) is 0 Å². The second-order valence-corrected chi connectivity index (χ2v) is 4.74. The van der Waals surface area contributed by atoms with Gasteiger partial charge in [0.25, 0.3) is 0 Å². The molecule has 1 heterocycles. The SMILES string of the molecule is CCCC(N)CCCc1cc(CC)nn1CC. The van der Waals surface area contributed by atoms with Crippen LogP contribution in [0.1, 0.15) is 57.8 Å². The first-order chi connectivity index (χ1) is 8.21. The van der Waals surface area contributed by atoms with Crippen LogP contribution in [0.25, 0.3) is 0 Å². The maximum absolute atomic E-state index is 6.03. The molecular formula is C14H27N3. The minimum atomic E-state index is 0.378. The Balaban J connectivity index is 2.42. The molecule has 0 saturated carbocycles. The van der Waals surface area contributed by atoms with Gasteiger partial charge in [0.2, 0.25) is 0 Å². The number of aromatic nitrogens is 2. The van der Waals surface area contributed by atoms with E-state index in [1.807, 2.05) is 0 Å². The summed E-state index contributed by atoms with van der Waals surface area (Å²) in [6.45, 7) is 7.47. The van der Waals surface area contributed by atoms with E-state index in [1.54, 1.807) is 0 Å². The summed E-state index contributed by atoms with van der Waals surface area (Å²) in [6, 6.07) is 2.62. The van der Waals surface area contributed by atoms with Gasteiger partial charge in [-0.05, 0) is 45.1 Å². The molecule has 2 N–H and O–H groups in total. The first-order valence-electron chi connectivity index (χ1n) is 7.02. The van der Waals surface area contributed by atoms with Crippen molar-refractivity contribution >= 4 is 0 Å². The van der Waals surface area contributed by atoms with Crippen molar-refractivity contribution in [1.29, 1.82) is 0 Å². The highest BCUT2D eigenvalue weighted by molar-refractivity contribution is 5.10. The highest BCUT2D eigenvalue weighted by Crippen LogP contribution is 2.11. The molecule has 1 unspecified atom stereocenters. The Kier molecular flexibility index (Phi) is 6.27. The molecular weight excluding hydrogens is 210 g/mol. The van der Waals surface area contributed by atoms with E-state index in [-0.39, 0.29) is 0 Å². The molecule has 0 aliphatic rings. The van der Waals surface area contributed by atoms with Gasteiger partial charge in [-0.3, -0.25) is 4.68 Å². The monoisotopic (exact) mass is 237 g/mol. The fourth-order valence-corrected chi connectivity index (χ4v) is 2.22. The first-order valence-corrected chi connectivity index (χ1v) is 7.02. The van der Waals surface area contributed by atoms with Crippen LogP contribution in [0.2, 0.25) is 0 Å². The van der Waals surface area contributed by atoms with Gasteiger partial charge in [0.15, 0.2) is 0 Å². The minimum absolute atomic E-state index is 0.378. The lowest BCUT2D eigenvalue weighted by atomic mass is 10.0. The first kappa shape index (κ1) is 14.2. The average Bonchev–Trinajstić information content (AvgIpc) is 2.72. The average molecular weight is 237 g/mol. The van der Waals surface area contributed by atoms with Gasteiger partial charge in [-0.25, -0.2) is 0 Å². The van der Waals surface area contributed by atoms with Gasteiger partial charge in [0.05, 0.1) is 5.69 Å². The standard InChI is InChI=1S/C14H27N3/c1-4-8-12(15)9-7-10-14-11-13(5-2)16-17(14)6-3/h11-12H,4-10,15H2,1-3H3. The second kappa shape index (κ2) is 7.49. The molecule has 3 heteroatoms. The van der Waals surface area contributed by atoms with Crippen molar-refractivity contribution in [3.63, 3.8) is 0 Å². The Morgan fingerprint density at radius 1 is 1.29 bits per heavy atom. The van der Waals surface area contributed by atoms with Crippen molar-refractivity contribution in [2.45, 2.75) is 71.9 Å². The van der Waals surface area contributed by atoms with Crippen LogP contribution in [-0.4, -0.2) is 15.8 Å². The minimum Gasteiger partial charge on any atom is -0.328 e. The molecule has 0 aliphatic carbocycles. The Bertz CT molecular complexity index is 317.